The van der Waals surface area contributed by atoms with Gasteiger partial charge < -0.3 is 40.2 Å². The molecule has 0 aromatic carbocycles. The fraction of sp³-hybridized carbons (Fsp3) is 0.481. The van der Waals surface area contributed by atoms with E-state index < -0.39 is 90.2 Å². The van der Waals surface area contributed by atoms with Gasteiger partial charge in [-0.05, 0) is 91.5 Å². The molecule has 6 fully saturated rings. The van der Waals surface area contributed by atoms with E-state index >= 15 is 0 Å². The number of nitrogens with one attached hydrogen (secondary N) is 4. The minimum absolute atomic E-state index is 0.0762. The molecule has 0 bridgehead atoms. The van der Waals surface area contributed by atoms with Gasteiger partial charge in [-0.1, -0.05) is 11.6 Å². The summed E-state index contributed by atoms with van der Waals surface area (Å²) in [4.78, 5) is 101. The Bertz CT molecular complexity index is 5780. The van der Waals surface area contributed by atoms with Crippen LogP contribution in [0.5, 0.6) is 0 Å². The summed E-state index contributed by atoms with van der Waals surface area (Å²) < 4.78 is 79.0. The van der Waals surface area contributed by atoms with Crippen LogP contribution in [0.1, 0.15) is 149 Å². The van der Waals surface area contributed by atoms with Gasteiger partial charge in [-0.15, -0.1) is 0 Å². The van der Waals surface area contributed by atoms with E-state index in [1.807, 2.05) is 52.0 Å². The second-order valence-corrected chi connectivity index (χ2v) is 47.5. The second kappa shape index (κ2) is 33.6. The Hall–Kier alpha value is -10.8. The van der Waals surface area contributed by atoms with Gasteiger partial charge in [-0.2, -0.15) is 39.0 Å². The Morgan fingerprint density at radius 2 is 0.847 bits per heavy atom. The first-order valence-electron chi connectivity index (χ1n) is 39.4. The molecule has 6 aliphatic rings. The monoisotopic (exact) mass is 1750 g/mol. The Morgan fingerprint density at radius 3 is 1.23 bits per heavy atom. The molecule has 5 amide bonds. The van der Waals surface area contributed by atoms with Crippen LogP contribution in [0.15, 0.2) is 91.8 Å². The molecule has 118 heavy (non-hydrogen) atoms. The molecule has 3 saturated carbocycles. The summed E-state index contributed by atoms with van der Waals surface area (Å²) in [5.41, 5.74) is 4.75. The number of fused-ring (bicyclic) bond motifs is 6. The number of amides is 5. The molecule has 39 heteroatoms. The van der Waals surface area contributed by atoms with Crippen molar-refractivity contribution in [1.82, 2.24) is 104 Å². The van der Waals surface area contributed by atoms with Crippen molar-refractivity contribution in [3.63, 3.8) is 0 Å². The van der Waals surface area contributed by atoms with E-state index in [9.17, 15) is 37.1 Å². The molecular formula is C79H94ClF3N24O10Sn. The summed E-state index contributed by atoms with van der Waals surface area (Å²) in [7, 11) is 4.84. The number of halogens is 4. The van der Waals surface area contributed by atoms with Crippen LogP contribution in [-0.2, 0) is 23.7 Å². The Kier molecular flexibility index (Phi) is 23.4. The molecule has 4 N–H and O–H groups in total. The second-order valence-electron chi connectivity index (χ2n) is 33.0. The molecule has 3 aliphatic carbocycles. The number of alkyl halides is 3. The molecule has 12 aromatic heterocycles. The predicted octanol–water partition coefficient (Wildman–Crippen LogP) is 11.0. The summed E-state index contributed by atoms with van der Waals surface area (Å²) in [6, 6.07) is 16.1. The molecule has 0 radical (unpaired) electrons. The zero-order valence-corrected chi connectivity index (χ0v) is 71.1. The van der Waals surface area contributed by atoms with E-state index in [2.05, 4.69) is 82.1 Å². The van der Waals surface area contributed by atoms with Crippen LogP contribution in [0.4, 0.5) is 40.2 Å². The summed E-state index contributed by atoms with van der Waals surface area (Å²) >= 11 is 3.85. The molecule has 12 aromatic rings. The quantitative estimate of drug-likeness (QED) is 0.0547. The van der Waals surface area contributed by atoms with E-state index in [0.717, 1.165) is 73.8 Å². The standard InChI is InChI=1S/C27H31FN8O4.C22H23FN8O2.C16H19ClFN5O3.C11H12N3O.3CH3.Sn/c1-27(2,3)40-26(38)34(4)21-13-20(31-24-17(14-30-36(21)24)25(37)32-19-12-18(19)28)22-16-6-5-9-29-23(16)35(33-22)15-7-10-39-11-8-15;1-24-18-10-17(27-21-14(11-26-31(18)21)22(32)28-16-9-15(16)23)19-13-3-2-6-25-20(13)30(29-19)12-4-7-33-8-5-12;1-16(2,3)26-15(25)22(4)12-6-11(17)21-13-8(7-19-23(12)13)14(24)20-10-5-9(10)18;1-2-9-8-13-14(11(9)12-5-1)10-3-6-15-7-4-10;;;;/h5-6,9,13-15,18-19H,7-8,10-12H2,1-4H3,(H,32,37);2-3,6,10-12,15-16,24H,4-5,7-9H2,1H3,(H,28,32);6-7,9-10H,5H2,1-4H3,(H,20,24);1-2,5,10H,3-4,6-7H2;3*1H3;/t18-,19+;15-,16+;9-,10+;;;;;/m000...../s1. The van der Waals surface area contributed by atoms with E-state index in [0.29, 0.717) is 96.6 Å². The van der Waals surface area contributed by atoms with E-state index in [4.69, 9.17) is 60.5 Å². The van der Waals surface area contributed by atoms with Crippen LogP contribution >= 0.6 is 11.6 Å². The van der Waals surface area contributed by atoms with Gasteiger partial charge in [0.2, 0.25) is 0 Å². The molecule has 18 rings (SSSR count). The first-order chi connectivity index (χ1) is 56.4. The van der Waals surface area contributed by atoms with Gasteiger partial charge in [0.15, 0.2) is 28.2 Å². The van der Waals surface area contributed by atoms with E-state index in [1.54, 1.807) is 78.6 Å². The normalized spacial score (nSPS) is 19.7. The summed E-state index contributed by atoms with van der Waals surface area (Å²) in [5.74, 6) is -0.118. The Balaban J connectivity index is 0.000000127. The van der Waals surface area contributed by atoms with Crippen molar-refractivity contribution in [3.8, 4) is 22.8 Å². The molecule has 34 nitrogen and oxygen atoms in total. The van der Waals surface area contributed by atoms with Crippen LogP contribution in [0.2, 0.25) is 20.0 Å². The summed E-state index contributed by atoms with van der Waals surface area (Å²) in [6.07, 6.45) is 11.5. The number of pyridine rings is 3. The van der Waals surface area contributed by atoms with Crippen molar-refractivity contribution in [2.24, 2.45) is 0 Å². The SMILES string of the molecule is CN(C(=O)OC(C)(C)C)c1cc(-c2nn(C3CCOCC3)c3ncccc23)nc2c(C(=O)N[C@@H]3C[C@@H]3F)cnn12.CN(C(=O)OC(C)(C)C)c1cc(Cl)nc2c(C(=O)N[C@@H]3C[C@@H]3F)cnn12.CNc1cc(-c2nn(C3CCOCC3)c3ncccc23)nc2c(C(=O)N[C@@H]3C[C@@H]3F)cnn12.[CH3][Sn]([CH3])([CH3])[c]1nn(C2CCOCC2)c2ncccc12. The third-order valence-electron chi connectivity index (χ3n) is 20.7. The van der Waals surface area contributed by atoms with Gasteiger partial charge in [-0.3, -0.25) is 24.2 Å². The molecule has 0 spiro atoms. The Labute approximate surface area is 684 Å². The van der Waals surface area contributed by atoms with Crippen LogP contribution in [0.3, 0.4) is 0 Å². The van der Waals surface area contributed by atoms with Crippen molar-refractivity contribution in [1.29, 1.82) is 0 Å². The molecule has 622 valence electrons. The fourth-order valence-corrected chi connectivity index (χ4v) is 18.3. The third kappa shape index (κ3) is 17.8. The number of hydrogen-bond acceptors (Lipinski definition) is 23. The van der Waals surface area contributed by atoms with Crippen LogP contribution < -0.4 is 34.8 Å². The average Bonchev–Trinajstić information content (AvgIpc) is 1.63. The zero-order valence-electron chi connectivity index (χ0n) is 67.5. The van der Waals surface area contributed by atoms with Crippen molar-refractivity contribution in [2.75, 3.05) is 75.9 Å². The molecule has 0 unspecified atom stereocenters. The maximum atomic E-state index is 13.5. The van der Waals surface area contributed by atoms with Crippen molar-refractivity contribution >= 4 is 131 Å². The predicted molar refractivity (Wildman–Crippen MR) is 436 cm³/mol. The van der Waals surface area contributed by atoms with Crippen molar-refractivity contribution < 1.29 is 60.8 Å². The molecular weight excluding hydrogens is 1660 g/mol. The van der Waals surface area contributed by atoms with Crippen molar-refractivity contribution in [2.45, 2.75) is 180 Å². The van der Waals surface area contributed by atoms with Gasteiger partial charge in [0.1, 0.15) is 80.4 Å². The average molecular weight is 1750 g/mol. The minimum atomic E-state index is -2.20. The summed E-state index contributed by atoms with van der Waals surface area (Å²) in [6.45, 7) is 14.9. The van der Waals surface area contributed by atoms with E-state index in [-0.39, 0.29) is 57.8 Å². The number of rotatable bonds is 15. The van der Waals surface area contributed by atoms with Crippen LogP contribution in [-0.4, -0.2) is 245 Å². The first kappa shape index (κ1) is 82.3. The Morgan fingerprint density at radius 1 is 0.500 bits per heavy atom. The number of nitrogens with zero attached hydrogens (tertiary/aromatic N) is 20. The van der Waals surface area contributed by atoms with Gasteiger partial charge in [0.25, 0.3) is 17.7 Å². The molecule has 3 aliphatic heterocycles. The van der Waals surface area contributed by atoms with Gasteiger partial charge >= 0.3 is 130 Å². The molecule has 15 heterocycles. The van der Waals surface area contributed by atoms with Crippen molar-refractivity contribution in [3.05, 3.63) is 114 Å². The number of hydrogen-bond donors (Lipinski definition) is 4. The number of anilines is 3. The van der Waals surface area contributed by atoms with Crippen LogP contribution in [0.25, 0.3) is 72.8 Å². The van der Waals surface area contributed by atoms with Gasteiger partial charge in [0, 0.05) is 108 Å². The molecule has 6 atom stereocenters. The number of carbonyl (C=O) groups is 5. The summed E-state index contributed by atoms with van der Waals surface area (Å²) in [5, 5.41) is 41.7. The molecule has 3 saturated heterocycles. The van der Waals surface area contributed by atoms with Crippen LogP contribution in [0, 0.1) is 0 Å². The zero-order chi connectivity index (χ0) is 83.4. The topological polar surface area (TPSA) is 369 Å². The fourth-order valence-electron chi connectivity index (χ4n) is 14.1. The van der Waals surface area contributed by atoms with Gasteiger partial charge in [-0.25, -0.2) is 57.0 Å². The maximum absolute atomic E-state index is 13.5. The number of carbonyl (C=O) groups excluding carboxylic acids is 5. The number of aromatic nitrogens is 18. The number of ether oxygens (including phenoxy) is 5. The third-order valence-corrected chi connectivity index (χ3v) is 26.0. The van der Waals surface area contributed by atoms with E-state index in [1.165, 1.54) is 59.6 Å². The first-order valence-corrected chi connectivity index (χ1v) is 49.8. The van der Waals surface area contributed by atoms with Gasteiger partial charge in [0.05, 0.1) is 60.2 Å².